The fraction of sp³-hybridized carbons (Fsp3) is 0.350. The number of nitrogens with two attached hydrogens (primary N) is 1. The van der Waals surface area contributed by atoms with Crippen molar-refractivity contribution in [2.75, 3.05) is 0 Å². The van der Waals surface area contributed by atoms with Crippen molar-refractivity contribution >= 4 is 28.8 Å². The van der Waals surface area contributed by atoms with E-state index in [4.69, 9.17) is 10.5 Å². The van der Waals surface area contributed by atoms with Gasteiger partial charge in [-0.15, -0.1) is 22.7 Å². The van der Waals surface area contributed by atoms with Crippen molar-refractivity contribution in [2.45, 2.75) is 44.1 Å². The number of alkyl carbamates (subject to hydrolysis) is 1. The molecule has 3 unspecified atom stereocenters. The van der Waals surface area contributed by atoms with Gasteiger partial charge in [-0.2, -0.15) is 0 Å². The molecule has 0 aliphatic carbocycles. The molecule has 0 bridgehead atoms. The van der Waals surface area contributed by atoms with Crippen molar-refractivity contribution < 1.29 is 14.6 Å². The molecule has 3 atom stereocenters. The Labute approximate surface area is 177 Å². The standard InChI is InChI=1S/C20H24N4O3S2/c21-18(14-5-2-1-3-6-14)19(17(25)8-4-7-15-9-22-12-28-15)24-20(26)27-11-16-10-23-13-29-16/h1-3,5-6,9-10,12-13,17-19,25H,4,7-8,11,21H2,(H,24,26). The molecule has 1 aromatic carbocycles. The van der Waals surface area contributed by atoms with Gasteiger partial charge in [0.05, 0.1) is 34.1 Å². The largest absolute Gasteiger partial charge is 0.444 e. The fourth-order valence-electron chi connectivity index (χ4n) is 2.97. The van der Waals surface area contributed by atoms with Gasteiger partial charge in [-0.05, 0) is 24.8 Å². The zero-order chi connectivity index (χ0) is 20.5. The number of nitrogens with one attached hydrogen (secondary N) is 1. The van der Waals surface area contributed by atoms with Crippen molar-refractivity contribution in [3.63, 3.8) is 0 Å². The number of carbonyl (C=O) groups is 1. The Hall–Kier alpha value is -2.33. The van der Waals surface area contributed by atoms with E-state index in [1.165, 1.54) is 11.3 Å². The fourth-order valence-corrected chi connectivity index (χ4v) is 4.11. The number of thiazole rings is 2. The van der Waals surface area contributed by atoms with Crippen LogP contribution in [0.15, 0.2) is 53.7 Å². The Kier molecular flexibility index (Phi) is 8.12. The van der Waals surface area contributed by atoms with E-state index in [1.807, 2.05) is 36.5 Å². The van der Waals surface area contributed by atoms with E-state index >= 15 is 0 Å². The first-order valence-electron chi connectivity index (χ1n) is 9.30. The average Bonchev–Trinajstić information content (AvgIpc) is 3.45. The minimum atomic E-state index is -0.811. The number of nitrogens with zero attached hydrogens (tertiary/aromatic N) is 2. The summed E-state index contributed by atoms with van der Waals surface area (Å²) in [5, 5.41) is 13.6. The predicted molar refractivity (Wildman–Crippen MR) is 114 cm³/mol. The van der Waals surface area contributed by atoms with Gasteiger partial charge in [0.1, 0.15) is 6.61 Å². The molecule has 0 radical (unpaired) electrons. The highest BCUT2D eigenvalue weighted by atomic mass is 32.1. The van der Waals surface area contributed by atoms with Gasteiger partial charge < -0.3 is 20.9 Å². The molecule has 0 saturated heterocycles. The van der Waals surface area contributed by atoms with Crippen molar-refractivity contribution in [1.82, 2.24) is 15.3 Å². The summed E-state index contributed by atoms with van der Waals surface area (Å²) in [7, 11) is 0. The molecule has 3 aromatic rings. The molecule has 1 amide bonds. The highest BCUT2D eigenvalue weighted by molar-refractivity contribution is 7.09. The summed E-state index contributed by atoms with van der Waals surface area (Å²) >= 11 is 3.00. The van der Waals surface area contributed by atoms with Crippen LogP contribution in [0.25, 0.3) is 0 Å². The number of benzene rings is 1. The number of aliphatic hydroxyl groups excluding tert-OH is 1. The minimum absolute atomic E-state index is 0.130. The van der Waals surface area contributed by atoms with Crippen molar-refractivity contribution in [1.29, 1.82) is 0 Å². The van der Waals surface area contributed by atoms with Gasteiger partial charge in [-0.1, -0.05) is 30.3 Å². The summed E-state index contributed by atoms with van der Waals surface area (Å²) < 4.78 is 5.26. The van der Waals surface area contributed by atoms with E-state index in [0.29, 0.717) is 6.42 Å². The van der Waals surface area contributed by atoms with Crippen LogP contribution in [0.3, 0.4) is 0 Å². The molecule has 0 aliphatic rings. The molecule has 2 aromatic heterocycles. The molecular weight excluding hydrogens is 408 g/mol. The lowest BCUT2D eigenvalue weighted by atomic mass is 9.93. The summed E-state index contributed by atoms with van der Waals surface area (Å²) in [4.78, 5) is 22.4. The Morgan fingerprint density at radius 2 is 1.83 bits per heavy atom. The Morgan fingerprint density at radius 1 is 1.14 bits per heavy atom. The van der Waals surface area contributed by atoms with Crippen molar-refractivity contribution in [3.05, 3.63) is 69.1 Å². The molecule has 7 nitrogen and oxygen atoms in total. The second-order valence-corrected chi connectivity index (χ2v) is 8.52. The molecule has 2 heterocycles. The van der Waals surface area contributed by atoms with Crippen molar-refractivity contribution in [3.8, 4) is 0 Å². The lowest BCUT2D eigenvalue weighted by molar-refractivity contribution is 0.0868. The zero-order valence-corrected chi connectivity index (χ0v) is 17.4. The van der Waals surface area contributed by atoms with E-state index in [1.54, 1.807) is 28.6 Å². The maximum absolute atomic E-state index is 12.3. The number of hydrogen-bond donors (Lipinski definition) is 3. The molecule has 0 spiro atoms. The SMILES string of the molecule is NC(c1ccccc1)C(NC(=O)OCc1cncs1)C(O)CCCc1cncs1. The van der Waals surface area contributed by atoms with Crippen LogP contribution in [0.4, 0.5) is 4.79 Å². The molecule has 0 saturated carbocycles. The van der Waals surface area contributed by atoms with Crippen LogP contribution < -0.4 is 11.1 Å². The first-order chi connectivity index (χ1) is 14.1. The van der Waals surface area contributed by atoms with Crippen LogP contribution in [-0.2, 0) is 17.8 Å². The Morgan fingerprint density at radius 3 is 2.48 bits per heavy atom. The highest BCUT2D eigenvalue weighted by Crippen LogP contribution is 2.20. The van der Waals surface area contributed by atoms with E-state index in [0.717, 1.165) is 28.2 Å². The number of hydrogen-bond acceptors (Lipinski definition) is 8. The number of aromatic nitrogens is 2. The first kappa shape index (κ1) is 21.4. The van der Waals surface area contributed by atoms with Gasteiger partial charge in [-0.3, -0.25) is 9.97 Å². The van der Waals surface area contributed by atoms with Gasteiger partial charge in [0.25, 0.3) is 0 Å². The zero-order valence-electron chi connectivity index (χ0n) is 15.8. The van der Waals surface area contributed by atoms with Crippen LogP contribution in [0.5, 0.6) is 0 Å². The van der Waals surface area contributed by atoms with E-state index < -0.39 is 24.3 Å². The summed E-state index contributed by atoms with van der Waals surface area (Å²) in [5.74, 6) is 0. The Bertz CT molecular complexity index is 844. The summed E-state index contributed by atoms with van der Waals surface area (Å²) in [6.07, 6.45) is 4.14. The number of carbonyl (C=O) groups excluding carboxylic acids is 1. The number of aryl methyl sites for hydroxylation is 1. The summed E-state index contributed by atoms with van der Waals surface area (Å²) in [6.45, 7) is 0.130. The normalized spacial score (nSPS) is 14.1. The lowest BCUT2D eigenvalue weighted by Crippen LogP contribution is -2.50. The first-order valence-corrected chi connectivity index (χ1v) is 11.1. The third-order valence-electron chi connectivity index (χ3n) is 4.51. The molecule has 29 heavy (non-hydrogen) atoms. The van der Waals surface area contributed by atoms with E-state index in [2.05, 4.69) is 15.3 Å². The molecule has 154 valence electrons. The molecule has 3 rings (SSSR count). The molecule has 9 heteroatoms. The number of aliphatic hydroxyl groups is 1. The number of rotatable bonds is 10. The second kappa shape index (κ2) is 11.0. The van der Waals surface area contributed by atoms with Gasteiger partial charge in [0, 0.05) is 17.3 Å². The number of ether oxygens (including phenoxy) is 1. The molecule has 0 aliphatic heterocycles. The topological polar surface area (TPSA) is 110 Å². The van der Waals surface area contributed by atoms with Gasteiger partial charge in [0.15, 0.2) is 0 Å². The summed E-state index contributed by atoms with van der Waals surface area (Å²) in [6, 6.07) is 8.18. The predicted octanol–water partition coefficient (Wildman–Crippen LogP) is 3.28. The van der Waals surface area contributed by atoms with Crippen LogP contribution in [0.1, 0.15) is 34.2 Å². The van der Waals surface area contributed by atoms with Crippen LogP contribution in [0.2, 0.25) is 0 Å². The Balaban J connectivity index is 1.60. The smallest absolute Gasteiger partial charge is 0.407 e. The number of amides is 1. The van der Waals surface area contributed by atoms with Crippen molar-refractivity contribution in [2.24, 2.45) is 5.73 Å². The highest BCUT2D eigenvalue weighted by Gasteiger charge is 2.29. The molecular formula is C20H24N4O3S2. The maximum atomic E-state index is 12.3. The minimum Gasteiger partial charge on any atom is -0.444 e. The quantitative estimate of drug-likeness (QED) is 0.453. The van der Waals surface area contributed by atoms with E-state index in [9.17, 15) is 9.90 Å². The van der Waals surface area contributed by atoms with Gasteiger partial charge in [-0.25, -0.2) is 4.79 Å². The monoisotopic (exact) mass is 432 g/mol. The van der Waals surface area contributed by atoms with Crippen LogP contribution in [-0.4, -0.2) is 33.3 Å². The molecule has 0 fully saturated rings. The van der Waals surface area contributed by atoms with E-state index in [-0.39, 0.29) is 6.61 Å². The molecule has 4 N–H and O–H groups in total. The summed E-state index contributed by atoms with van der Waals surface area (Å²) in [5.41, 5.74) is 10.7. The third-order valence-corrected chi connectivity index (χ3v) is 6.10. The van der Waals surface area contributed by atoms with Crippen LogP contribution >= 0.6 is 22.7 Å². The van der Waals surface area contributed by atoms with Crippen LogP contribution in [0, 0.1) is 0 Å². The van der Waals surface area contributed by atoms with Gasteiger partial charge in [0.2, 0.25) is 0 Å². The van der Waals surface area contributed by atoms with Gasteiger partial charge >= 0.3 is 6.09 Å². The second-order valence-electron chi connectivity index (χ2n) is 6.58. The third kappa shape index (κ3) is 6.60. The average molecular weight is 433 g/mol. The lowest BCUT2D eigenvalue weighted by Gasteiger charge is -2.29. The maximum Gasteiger partial charge on any atom is 0.407 e.